The van der Waals surface area contributed by atoms with E-state index in [1.807, 2.05) is 19.1 Å². The first-order valence-electron chi connectivity index (χ1n) is 9.69. The van der Waals surface area contributed by atoms with Gasteiger partial charge in [0.05, 0.1) is 13.2 Å². The molecule has 0 radical (unpaired) electrons. The normalized spacial score (nSPS) is 17.1. The monoisotopic (exact) mass is 490 g/mol. The van der Waals surface area contributed by atoms with Gasteiger partial charge in [0.15, 0.2) is 5.96 Å². The molecule has 1 aromatic carbocycles. The zero-order chi connectivity index (χ0) is 18.8. The summed E-state index contributed by atoms with van der Waals surface area (Å²) in [6.45, 7) is 8.61. The van der Waals surface area contributed by atoms with Gasteiger partial charge in [-0.15, -0.1) is 24.0 Å². The lowest BCUT2D eigenvalue weighted by atomic mass is 10.0. The molecule has 154 valence electrons. The average Bonchev–Trinajstić information content (AvgIpc) is 3.20. The molecular formula is C20H35IN4O2. The summed E-state index contributed by atoms with van der Waals surface area (Å²) >= 11 is 0. The molecule has 0 bridgehead atoms. The van der Waals surface area contributed by atoms with Gasteiger partial charge in [0.2, 0.25) is 0 Å². The SMILES string of the molecule is CCNC(=NCC(C)CO)NCC(c1ccccc1OC)N1CCCC1.I. The molecule has 1 aliphatic heterocycles. The lowest BCUT2D eigenvalue weighted by Gasteiger charge is -2.30. The Kier molecular flexibility index (Phi) is 11.7. The molecule has 7 heteroatoms. The van der Waals surface area contributed by atoms with Gasteiger partial charge in [-0.05, 0) is 44.8 Å². The first-order valence-corrected chi connectivity index (χ1v) is 9.69. The average molecular weight is 490 g/mol. The molecule has 1 heterocycles. The van der Waals surface area contributed by atoms with E-state index in [9.17, 15) is 5.11 Å². The van der Waals surface area contributed by atoms with Crippen LogP contribution < -0.4 is 15.4 Å². The van der Waals surface area contributed by atoms with Crippen molar-refractivity contribution < 1.29 is 9.84 Å². The van der Waals surface area contributed by atoms with E-state index in [2.05, 4.69) is 39.6 Å². The minimum absolute atomic E-state index is 0. The number of ether oxygens (including phenoxy) is 1. The molecule has 27 heavy (non-hydrogen) atoms. The number of likely N-dealkylation sites (tertiary alicyclic amines) is 1. The van der Waals surface area contributed by atoms with Crippen LogP contribution in [0.4, 0.5) is 0 Å². The molecule has 0 aliphatic carbocycles. The summed E-state index contributed by atoms with van der Waals surface area (Å²) in [5.41, 5.74) is 1.21. The maximum absolute atomic E-state index is 9.21. The molecule has 0 amide bonds. The maximum atomic E-state index is 9.21. The third-order valence-electron chi connectivity index (χ3n) is 4.76. The summed E-state index contributed by atoms with van der Waals surface area (Å²) in [5, 5.41) is 16.0. The fraction of sp³-hybridized carbons (Fsp3) is 0.650. The van der Waals surface area contributed by atoms with Crippen molar-refractivity contribution in [1.29, 1.82) is 0 Å². The zero-order valence-electron chi connectivity index (χ0n) is 16.8. The Balaban J connectivity index is 0.00000364. The molecule has 0 aromatic heterocycles. The van der Waals surface area contributed by atoms with E-state index >= 15 is 0 Å². The highest BCUT2D eigenvalue weighted by atomic mass is 127. The van der Waals surface area contributed by atoms with Crippen LogP contribution in [0.25, 0.3) is 0 Å². The largest absolute Gasteiger partial charge is 0.496 e. The molecule has 2 rings (SSSR count). The number of para-hydroxylation sites is 1. The van der Waals surface area contributed by atoms with Crippen molar-refractivity contribution >= 4 is 29.9 Å². The van der Waals surface area contributed by atoms with Gasteiger partial charge in [0.1, 0.15) is 5.75 Å². The number of hydrogen-bond donors (Lipinski definition) is 3. The number of benzene rings is 1. The van der Waals surface area contributed by atoms with E-state index in [-0.39, 0.29) is 42.5 Å². The van der Waals surface area contributed by atoms with Gasteiger partial charge >= 0.3 is 0 Å². The smallest absolute Gasteiger partial charge is 0.191 e. The standard InChI is InChI=1S/C20H34N4O2.HI/c1-4-21-20(22-13-16(2)15-25)23-14-18(24-11-7-8-12-24)17-9-5-6-10-19(17)26-3;/h5-6,9-10,16,18,25H,4,7-8,11-15H2,1-3H3,(H2,21,22,23);1H. The predicted molar refractivity (Wildman–Crippen MR) is 122 cm³/mol. The minimum Gasteiger partial charge on any atom is -0.496 e. The number of nitrogens with zero attached hydrogens (tertiary/aromatic N) is 2. The molecule has 2 unspecified atom stereocenters. The van der Waals surface area contributed by atoms with Crippen molar-refractivity contribution in [3.63, 3.8) is 0 Å². The summed E-state index contributed by atoms with van der Waals surface area (Å²) in [5.74, 6) is 1.89. The summed E-state index contributed by atoms with van der Waals surface area (Å²) in [7, 11) is 1.73. The molecule has 3 N–H and O–H groups in total. The van der Waals surface area contributed by atoms with Crippen molar-refractivity contribution in [1.82, 2.24) is 15.5 Å². The fourth-order valence-electron chi connectivity index (χ4n) is 3.27. The van der Waals surface area contributed by atoms with Crippen molar-refractivity contribution in [3.05, 3.63) is 29.8 Å². The van der Waals surface area contributed by atoms with Gasteiger partial charge in [-0.2, -0.15) is 0 Å². The van der Waals surface area contributed by atoms with Crippen molar-refractivity contribution in [2.45, 2.75) is 32.7 Å². The highest BCUT2D eigenvalue weighted by Crippen LogP contribution is 2.31. The van der Waals surface area contributed by atoms with E-state index in [0.29, 0.717) is 6.54 Å². The number of nitrogens with one attached hydrogen (secondary N) is 2. The zero-order valence-corrected chi connectivity index (χ0v) is 19.1. The second kappa shape index (κ2) is 13.2. The van der Waals surface area contributed by atoms with Crippen molar-refractivity contribution in [3.8, 4) is 5.75 Å². The van der Waals surface area contributed by atoms with Crippen LogP contribution in [-0.2, 0) is 0 Å². The van der Waals surface area contributed by atoms with E-state index in [4.69, 9.17) is 4.74 Å². The van der Waals surface area contributed by atoms with Gasteiger partial charge in [-0.1, -0.05) is 25.1 Å². The van der Waals surface area contributed by atoms with Crippen LogP contribution in [0.3, 0.4) is 0 Å². The van der Waals surface area contributed by atoms with E-state index in [0.717, 1.165) is 37.9 Å². The molecule has 1 aliphatic rings. The number of aliphatic hydroxyl groups excluding tert-OH is 1. The lowest BCUT2D eigenvalue weighted by Crippen LogP contribution is -2.43. The van der Waals surface area contributed by atoms with Crippen LogP contribution in [0.15, 0.2) is 29.3 Å². The number of methoxy groups -OCH3 is 1. The maximum Gasteiger partial charge on any atom is 0.191 e. The quantitative estimate of drug-likeness (QED) is 0.282. The van der Waals surface area contributed by atoms with E-state index < -0.39 is 0 Å². The molecule has 1 fully saturated rings. The molecule has 0 saturated carbocycles. The Morgan fingerprint density at radius 2 is 1.96 bits per heavy atom. The molecule has 2 atom stereocenters. The van der Waals surface area contributed by atoms with Crippen LogP contribution in [-0.4, -0.2) is 62.4 Å². The Morgan fingerprint density at radius 3 is 2.59 bits per heavy atom. The van der Waals surface area contributed by atoms with Crippen LogP contribution >= 0.6 is 24.0 Å². The van der Waals surface area contributed by atoms with Crippen LogP contribution in [0, 0.1) is 5.92 Å². The topological polar surface area (TPSA) is 69.1 Å². The number of guanidine groups is 1. The Morgan fingerprint density at radius 1 is 1.26 bits per heavy atom. The highest BCUT2D eigenvalue weighted by molar-refractivity contribution is 14.0. The molecule has 1 saturated heterocycles. The van der Waals surface area contributed by atoms with Crippen molar-refractivity contribution in [2.24, 2.45) is 10.9 Å². The number of hydrogen-bond acceptors (Lipinski definition) is 4. The summed E-state index contributed by atoms with van der Waals surface area (Å²) in [6, 6.07) is 8.51. The number of rotatable bonds is 9. The van der Waals surface area contributed by atoms with Gasteiger partial charge in [-0.3, -0.25) is 9.89 Å². The summed E-state index contributed by atoms with van der Waals surface area (Å²) < 4.78 is 5.61. The van der Waals surface area contributed by atoms with Gasteiger partial charge < -0.3 is 20.5 Å². The molecule has 6 nitrogen and oxygen atoms in total. The Hall–Kier alpha value is -1.06. The van der Waals surface area contributed by atoms with Crippen LogP contribution in [0.5, 0.6) is 5.75 Å². The van der Waals surface area contributed by atoms with Crippen LogP contribution in [0.2, 0.25) is 0 Å². The summed E-state index contributed by atoms with van der Waals surface area (Å²) in [6.07, 6.45) is 2.49. The van der Waals surface area contributed by atoms with E-state index in [1.54, 1.807) is 7.11 Å². The van der Waals surface area contributed by atoms with Crippen LogP contribution in [0.1, 0.15) is 38.3 Å². The third-order valence-corrected chi connectivity index (χ3v) is 4.76. The predicted octanol–water partition coefficient (Wildman–Crippen LogP) is 2.63. The first-order chi connectivity index (χ1) is 12.7. The number of aliphatic imine (C=N–C) groups is 1. The number of halogens is 1. The second-order valence-electron chi connectivity index (χ2n) is 6.89. The number of aliphatic hydroxyl groups is 1. The third kappa shape index (κ3) is 7.46. The Labute approximate surface area is 180 Å². The Bertz CT molecular complexity index is 565. The second-order valence-corrected chi connectivity index (χ2v) is 6.89. The minimum atomic E-state index is 0. The van der Waals surface area contributed by atoms with E-state index in [1.165, 1.54) is 18.4 Å². The van der Waals surface area contributed by atoms with Gasteiger partial charge in [0.25, 0.3) is 0 Å². The molecular weight excluding hydrogens is 455 g/mol. The molecule has 1 aromatic rings. The van der Waals surface area contributed by atoms with Gasteiger partial charge in [0, 0.05) is 31.8 Å². The summed E-state index contributed by atoms with van der Waals surface area (Å²) in [4.78, 5) is 7.12. The fourth-order valence-corrected chi connectivity index (χ4v) is 3.27. The molecule has 0 spiro atoms. The highest BCUT2D eigenvalue weighted by Gasteiger charge is 2.26. The van der Waals surface area contributed by atoms with Crippen molar-refractivity contribution in [2.75, 3.05) is 46.4 Å². The lowest BCUT2D eigenvalue weighted by molar-refractivity contribution is 0.238. The van der Waals surface area contributed by atoms with Gasteiger partial charge in [-0.25, -0.2) is 0 Å². The first kappa shape index (κ1) is 24.0.